The third-order valence-corrected chi connectivity index (χ3v) is 5.75. The van der Waals surface area contributed by atoms with Gasteiger partial charge in [-0.1, -0.05) is 6.92 Å². The van der Waals surface area contributed by atoms with E-state index in [-0.39, 0.29) is 11.6 Å². The fraction of sp³-hybridized carbons (Fsp3) is 0.522. The number of hydrogen-bond donors (Lipinski definition) is 3. The Hall–Kier alpha value is -3.12. The Bertz CT molecular complexity index is 936. The van der Waals surface area contributed by atoms with Crippen molar-refractivity contribution in [1.82, 2.24) is 25.3 Å². The quantitative estimate of drug-likeness (QED) is 0.331. The maximum Gasteiger partial charge on any atom is 0.191 e. The number of aryl methyl sites for hydroxylation is 1. The van der Waals surface area contributed by atoms with E-state index in [1.165, 1.54) is 29.8 Å². The zero-order valence-electron chi connectivity index (χ0n) is 18.9. The molecule has 9 heteroatoms. The highest BCUT2D eigenvalue weighted by Crippen LogP contribution is 2.21. The number of nitrogen functional groups attached to an aromatic ring is 1. The van der Waals surface area contributed by atoms with Crippen LogP contribution in [0.1, 0.15) is 43.9 Å². The second-order valence-corrected chi connectivity index (χ2v) is 8.07. The van der Waals surface area contributed by atoms with Crippen molar-refractivity contribution in [2.45, 2.75) is 45.1 Å². The Morgan fingerprint density at radius 1 is 1.31 bits per heavy atom. The van der Waals surface area contributed by atoms with E-state index in [4.69, 9.17) is 5.73 Å². The number of aliphatic imine (C=N–C) groups is 1. The number of aromatic nitrogens is 2. The number of rotatable bonds is 8. The first-order valence-corrected chi connectivity index (χ1v) is 11.3. The van der Waals surface area contributed by atoms with Gasteiger partial charge in [-0.2, -0.15) is 10.4 Å². The summed E-state index contributed by atoms with van der Waals surface area (Å²) in [6.45, 7) is 6.33. The lowest BCUT2D eigenvalue weighted by Gasteiger charge is -2.32. The SMILES string of the molecule is CCCN1CCC(NC(=NC)NCCCc2nn(-c3ccc(F)cc3)c(N)c2C#N)CC1. The summed E-state index contributed by atoms with van der Waals surface area (Å²) >= 11 is 0. The van der Waals surface area contributed by atoms with Crippen LogP contribution in [0.4, 0.5) is 10.2 Å². The monoisotopic (exact) mass is 440 g/mol. The van der Waals surface area contributed by atoms with E-state index >= 15 is 0 Å². The molecule has 1 aromatic heterocycles. The smallest absolute Gasteiger partial charge is 0.191 e. The summed E-state index contributed by atoms with van der Waals surface area (Å²) < 4.78 is 14.7. The zero-order chi connectivity index (χ0) is 22.9. The molecule has 0 spiro atoms. The van der Waals surface area contributed by atoms with E-state index in [1.807, 2.05) is 0 Å². The van der Waals surface area contributed by atoms with Crippen molar-refractivity contribution < 1.29 is 4.39 Å². The molecule has 2 heterocycles. The number of nitrogens with zero attached hydrogens (tertiary/aromatic N) is 5. The molecule has 0 bridgehead atoms. The number of anilines is 1. The van der Waals surface area contributed by atoms with Gasteiger partial charge in [0.15, 0.2) is 5.96 Å². The largest absolute Gasteiger partial charge is 0.382 e. The fourth-order valence-corrected chi connectivity index (χ4v) is 4.02. The predicted octanol–water partition coefficient (Wildman–Crippen LogP) is 2.44. The molecule has 0 amide bonds. The Labute approximate surface area is 189 Å². The Balaban J connectivity index is 1.50. The van der Waals surface area contributed by atoms with Gasteiger partial charge in [0.25, 0.3) is 0 Å². The highest BCUT2D eigenvalue weighted by atomic mass is 19.1. The number of nitriles is 1. The summed E-state index contributed by atoms with van der Waals surface area (Å²) in [5, 5.41) is 20.9. The molecule has 0 saturated carbocycles. The Morgan fingerprint density at radius 2 is 2.03 bits per heavy atom. The first-order valence-electron chi connectivity index (χ1n) is 11.3. The highest BCUT2D eigenvalue weighted by molar-refractivity contribution is 5.79. The Morgan fingerprint density at radius 3 is 2.66 bits per heavy atom. The molecule has 8 nitrogen and oxygen atoms in total. The molecule has 172 valence electrons. The standard InChI is InChI=1S/C23H33FN8/c1-3-13-31-14-10-18(11-15-31)29-23(27-2)28-12-4-5-21-20(16-25)22(26)32(30-21)19-8-6-17(24)7-9-19/h6-9,18H,3-5,10-15,26H2,1-2H3,(H2,27,28,29). The molecule has 1 saturated heterocycles. The first kappa shape index (κ1) is 23.5. The lowest BCUT2D eigenvalue weighted by Crippen LogP contribution is -2.48. The number of nitrogens with two attached hydrogens (primary N) is 1. The zero-order valence-corrected chi connectivity index (χ0v) is 18.9. The van der Waals surface area contributed by atoms with Gasteiger partial charge in [0.2, 0.25) is 0 Å². The lowest BCUT2D eigenvalue weighted by atomic mass is 10.1. The maximum atomic E-state index is 13.2. The fourth-order valence-electron chi connectivity index (χ4n) is 4.02. The molecule has 3 rings (SSSR count). The van der Waals surface area contributed by atoms with E-state index in [9.17, 15) is 9.65 Å². The van der Waals surface area contributed by atoms with Crippen LogP contribution in [0.25, 0.3) is 5.69 Å². The number of piperidine rings is 1. The number of halogens is 1. The van der Waals surface area contributed by atoms with Crippen LogP contribution < -0.4 is 16.4 Å². The Kier molecular flexibility index (Phi) is 8.45. The topological polar surface area (TPSA) is 107 Å². The van der Waals surface area contributed by atoms with Gasteiger partial charge in [-0.05, 0) is 62.9 Å². The molecule has 4 N–H and O–H groups in total. The molecule has 1 aliphatic rings. The van der Waals surface area contributed by atoms with Gasteiger partial charge in [-0.15, -0.1) is 0 Å². The van der Waals surface area contributed by atoms with E-state index < -0.39 is 0 Å². The maximum absolute atomic E-state index is 13.2. The molecule has 1 fully saturated rings. The molecular weight excluding hydrogens is 407 g/mol. The minimum atomic E-state index is -0.334. The summed E-state index contributed by atoms with van der Waals surface area (Å²) in [5.74, 6) is 0.740. The number of hydrogen-bond acceptors (Lipinski definition) is 5. The lowest BCUT2D eigenvalue weighted by molar-refractivity contribution is 0.206. The third-order valence-electron chi connectivity index (χ3n) is 5.75. The van der Waals surface area contributed by atoms with Crippen LogP contribution in [0, 0.1) is 17.1 Å². The molecular formula is C23H33FN8. The van der Waals surface area contributed by atoms with Crippen molar-refractivity contribution in [2.75, 3.05) is 39.0 Å². The summed E-state index contributed by atoms with van der Waals surface area (Å²) in [6.07, 6.45) is 4.80. The molecule has 32 heavy (non-hydrogen) atoms. The molecule has 0 unspecified atom stereocenters. The van der Waals surface area contributed by atoms with E-state index in [0.29, 0.717) is 36.0 Å². The molecule has 0 atom stereocenters. The van der Waals surface area contributed by atoms with Crippen LogP contribution in [0.3, 0.4) is 0 Å². The van der Waals surface area contributed by atoms with Gasteiger partial charge in [0.1, 0.15) is 23.3 Å². The van der Waals surface area contributed by atoms with Crippen molar-refractivity contribution in [3.8, 4) is 11.8 Å². The average molecular weight is 441 g/mol. The number of benzene rings is 1. The second kappa shape index (κ2) is 11.5. The van der Waals surface area contributed by atoms with Crippen molar-refractivity contribution in [2.24, 2.45) is 4.99 Å². The molecule has 0 radical (unpaired) electrons. The third kappa shape index (κ3) is 5.98. The van der Waals surface area contributed by atoms with Gasteiger partial charge in [-0.3, -0.25) is 4.99 Å². The van der Waals surface area contributed by atoms with Crippen LogP contribution in [0.5, 0.6) is 0 Å². The summed E-state index contributed by atoms with van der Waals surface area (Å²) in [4.78, 5) is 6.85. The van der Waals surface area contributed by atoms with Crippen LogP contribution >= 0.6 is 0 Å². The minimum Gasteiger partial charge on any atom is -0.382 e. The highest BCUT2D eigenvalue weighted by Gasteiger charge is 2.19. The van der Waals surface area contributed by atoms with E-state index in [2.05, 4.69) is 38.6 Å². The van der Waals surface area contributed by atoms with Gasteiger partial charge < -0.3 is 21.3 Å². The predicted molar refractivity (Wildman–Crippen MR) is 125 cm³/mol. The number of nitrogens with one attached hydrogen (secondary N) is 2. The van der Waals surface area contributed by atoms with E-state index in [0.717, 1.165) is 38.3 Å². The van der Waals surface area contributed by atoms with Crippen LogP contribution in [-0.4, -0.2) is 59.9 Å². The van der Waals surface area contributed by atoms with Gasteiger partial charge in [0.05, 0.1) is 11.4 Å². The molecule has 1 aliphatic heterocycles. The van der Waals surface area contributed by atoms with E-state index in [1.54, 1.807) is 19.2 Å². The van der Waals surface area contributed by atoms with Crippen molar-refractivity contribution in [3.63, 3.8) is 0 Å². The average Bonchev–Trinajstić information content (AvgIpc) is 3.12. The summed E-state index contributed by atoms with van der Waals surface area (Å²) in [7, 11) is 1.78. The second-order valence-electron chi connectivity index (χ2n) is 8.07. The number of likely N-dealkylation sites (tertiary alicyclic amines) is 1. The number of guanidine groups is 1. The minimum absolute atomic E-state index is 0.272. The normalized spacial score (nSPS) is 15.5. The van der Waals surface area contributed by atoms with Crippen molar-refractivity contribution in [1.29, 1.82) is 5.26 Å². The molecule has 1 aromatic carbocycles. The van der Waals surface area contributed by atoms with Crippen molar-refractivity contribution in [3.05, 3.63) is 41.3 Å². The summed E-state index contributed by atoms with van der Waals surface area (Å²) in [5.41, 5.74) is 7.76. The molecule has 2 aromatic rings. The van der Waals surface area contributed by atoms with Crippen LogP contribution in [0.15, 0.2) is 29.3 Å². The molecule has 0 aliphatic carbocycles. The van der Waals surface area contributed by atoms with Crippen LogP contribution in [0.2, 0.25) is 0 Å². The first-order chi connectivity index (χ1) is 15.5. The van der Waals surface area contributed by atoms with Crippen LogP contribution in [-0.2, 0) is 6.42 Å². The summed E-state index contributed by atoms with van der Waals surface area (Å²) in [6, 6.07) is 8.46. The van der Waals surface area contributed by atoms with Gasteiger partial charge in [0, 0.05) is 32.7 Å². The van der Waals surface area contributed by atoms with Gasteiger partial charge in [-0.25, -0.2) is 9.07 Å². The van der Waals surface area contributed by atoms with Crippen molar-refractivity contribution >= 4 is 11.8 Å². The van der Waals surface area contributed by atoms with Gasteiger partial charge >= 0.3 is 0 Å².